The van der Waals surface area contributed by atoms with Crippen LogP contribution in [0.5, 0.6) is 0 Å². The van der Waals surface area contributed by atoms with Gasteiger partial charge in [-0.05, 0) is 24.8 Å². The number of aromatic nitrogens is 1. The first kappa shape index (κ1) is 20.0. The average Bonchev–Trinajstić information content (AvgIpc) is 2.75. The number of rotatable bonds is 4. The Hall–Kier alpha value is -1.04. The molecule has 0 radical (unpaired) electrons. The maximum absolute atomic E-state index is 12.0. The van der Waals surface area contributed by atoms with Gasteiger partial charge in [-0.25, -0.2) is 4.98 Å². The molecular formula is C14H24Cl2N4O. The van der Waals surface area contributed by atoms with Crippen molar-refractivity contribution in [3.05, 3.63) is 18.3 Å². The summed E-state index contributed by atoms with van der Waals surface area (Å²) in [4.78, 5) is 18.1. The lowest BCUT2D eigenvalue weighted by molar-refractivity contribution is -0.117. The van der Waals surface area contributed by atoms with E-state index in [-0.39, 0.29) is 36.8 Å². The number of amides is 1. The number of nitrogens with two attached hydrogens (primary N) is 1. The van der Waals surface area contributed by atoms with Crippen molar-refractivity contribution in [2.45, 2.75) is 31.7 Å². The van der Waals surface area contributed by atoms with E-state index in [4.69, 9.17) is 5.73 Å². The molecule has 1 heterocycles. The van der Waals surface area contributed by atoms with Crippen LogP contribution in [-0.2, 0) is 4.79 Å². The van der Waals surface area contributed by atoms with Crippen molar-refractivity contribution >= 4 is 42.2 Å². The van der Waals surface area contributed by atoms with E-state index in [9.17, 15) is 4.79 Å². The summed E-state index contributed by atoms with van der Waals surface area (Å²) in [5.74, 6) is 1.20. The van der Waals surface area contributed by atoms with Crippen molar-refractivity contribution in [1.29, 1.82) is 0 Å². The van der Waals surface area contributed by atoms with E-state index in [2.05, 4.69) is 10.3 Å². The summed E-state index contributed by atoms with van der Waals surface area (Å²) in [5, 5.41) is 2.92. The second kappa shape index (κ2) is 9.07. The monoisotopic (exact) mass is 334 g/mol. The first-order valence-corrected chi connectivity index (χ1v) is 6.75. The largest absolute Gasteiger partial charge is 0.363 e. The smallest absolute Gasteiger partial charge is 0.224 e. The second-order valence-electron chi connectivity index (χ2n) is 5.40. The topological polar surface area (TPSA) is 71.2 Å². The van der Waals surface area contributed by atoms with Gasteiger partial charge < -0.3 is 16.0 Å². The van der Waals surface area contributed by atoms with Gasteiger partial charge >= 0.3 is 0 Å². The molecule has 1 fully saturated rings. The van der Waals surface area contributed by atoms with Crippen molar-refractivity contribution < 1.29 is 4.79 Å². The third-order valence-electron chi connectivity index (χ3n) is 3.65. The van der Waals surface area contributed by atoms with Crippen LogP contribution >= 0.6 is 24.8 Å². The zero-order valence-corrected chi connectivity index (χ0v) is 14.0. The van der Waals surface area contributed by atoms with Crippen LogP contribution in [0.2, 0.25) is 0 Å². The van der Waals surface area contributed by atoms with Gasteiger partial charge in [-0.3, -0.25) is 4.79 Å². The SMILES string of the molecule is CN(C)c1cc(NC(=O)C[C@@H]2CCC[C@H]2N)ccn1.Cl.Cl. The molecule has 7 heteroatoms. The van der Waals surface area contributed by atoms with Crippen LogP contribution in [0, 0.1) is 5.92 Å². The van der Waals surface area contributed by atoms with Gasteiger partial charge in [-0.1, -0.05) is 6.42 Å². The van der Waals surface area contributed by atoms with Crippen molar-refractivity contribution in [2.75, 3.05) is 24.3 Å². The van der Waals surface area contributed by atoms with E-state index >= 15 is 0 Å². The minimum atomic E-state index is 0. The molecule has 0 aromatic carbocycles. The second-order valence-corrected chi connectivity index (χ2v) is 5.40. The van der Waals surface area contributed by atoms with E-state index in [0.717, 1.165) is 30.8 Å². The van der Waals surface area contributed by atoms with Gasteiger partial charge in [0.15, 0.2) is 0 Å². The summed E-state index contributed by atoms with van der Waals surface area (Å²) < 4.78 is 0. The van der Waals surface area contributed by atoms with Crippen LogP contribution in [0.4, 0.5) is 11.5 Å². The molecule has 0 aliphatic heterocycles. The molecular weight excluding hydrogens is 311 g/mol. The molecule has 1 aliphatic carbocycles. The molecule has 1 aromatic rings. The van der Waals surface area contributed by atoms with Crippen molar-refractivity contribution in [3.8, 4) is 0 Å². The van der Waals surface area contributed by atoms with Crippen molar-refractivity contribution in [3.63, 3.8) is 0 Å². The summed E-state index contributed by atoms with van der Waals surface area (Å²) >= 11 is 0. The van der Waals surface area contributed by atoms with Crippen LogP contribution in [0.3, 0.4) is 0 Å². The number of carbonyl (C=O) groups excluding carboxylic acids is 1. The molecule has 0 spiro atoms. The lowest BCUT2D eigenvalue weighted by Gasteiger charge is -2.16. The molecule has 2 atom stereocenters. The van der Waals surface area contributed by atoms with E-state index in [1.165, 1.54) is 0 Å². The molecule has 1 saturated carbocycles. The summed E-state index contributed by atoms with van der Waals surface area (Å²) in [5.41, 5.74) is 6.78. The van der Waals surface area contributed by atoms with Gasteiger partial charge in [-0.15, -0.1) is 24.8 Å². The van der Waals surface area contributed by atoms with Gasteiger partial charge in [0, 0.05) is 44.5 Å². The van der Waals surface area contributed by atoms with E-state index in [0.29, 0.717) is 12.3 Å². The normalized spacial score (nSPS) is 20.1. The van der Waals surface area contributed by atoms with Crippen LogP contribution in [0.1, 0.15) is 25.7 Å². The molecule has 21 heavy (non-hydrogen) atoms. The highest BCUT2D eigenvalue weighted by Crippen LogP contribution is 2.27. The maximum atomic E-state index is 12.0. The number of anilines is 2. The summed E-state index contributed by atoms with van der Waals surface area (Å²) in [6.45, 7) is 0. The van der Waals surface area contributed by atoms with Crippen LogP contribution < -0.4 is 16.0 Å². The maximum Gasteiger partial charge on any atom is 0.224 e. The van der Waals surface area contributed by atoms with Crippen molar-refractivity contribution in [1.82, 2.24) is 4.98 Å². The highest BCUT2D eigenvalue weighted by molar-refractivity contribution is 5.91. The number of nitrogens with one attached hydrogen (secondary N) is 1. The Labute approximate surface area is 138 Å². The first-order valence-electron chi connectivity index (χ1n) is 6.75. The van der Waals surface area contributed by atoms with E-state index in [1.54, 1.807) is 12.3 Å². The van der Waals surface area contributed by atoms with Gasteiger partial charge in [0.1, 0.15) is 5.82 Å². The van der Waals surface area contributed by atoms with Crippen molar-refractivity contribution in [2.24, 2.45) is 11.7 Å². The third-order valence-corrected chi connectivity index (χ3v) is 3.65. The number of pyridine rings is 1. The quantitative estimate of drug-likeness (QED) is 0.887. The Bertz CT molecular complexity index is 456. The average molecular weight is 335 g/mol. The predicted octanol–water partition coefficient (Wildman–Crippen LogP) is 2.45. The van der Waals surface area contributed by atoms with E-state index < -0.39 is 0 Å². The number of carbonyl (C=O) groups is 1. The molecule has 120 valence electrons. The fourth-order valence-electron chi connectivity index (χ4n) is 2.51. The summed E-state index contributed by atoms with van der Waals surface area (Å²) in [6, 6.07) is 3.85. The number of hydrogen-bond donors (Lipinski definition) is 2. The minimum Gasteiger partial charge on any atom is -0.363 e. The third kappa shape index (κ3) is 5.69. The Morgan fingerprint density at radius 2 is 2.14 bits per heavy atom. The first-order chi connectivity index (χ1) is 9.06. The molecule has 0 unspecified atom stereocenters. The van der Waals surface area contributed by atoms with Crippen LogP contribution in [0.25, 0.3) is 0 Å². The highest BCUT2D eigenvalue weighted by atomic mass is 35.5. The Morgan fingerprint density at radius 3 is 2.71 bits per heavy atom. The van der Waals surface area contributed by atoms with E-state index in [1.807, 2.05) is 25.1 Å². The van der Waals surface area contributed by atoms with Gasteiger partial charge in [0.05, 0.1) is 0 Å². The fourth-order valence-corrected chi connectivity index (χ4v) is 2.51. The molecule has 1 aliphatic rings. The Morgan fingerprint density at radius 1 is 1.43 bits per heavy atom. The molecule has 0 bridgehead atoms. The van der Waals surface area contributed by atoms with Crippen LogP contribution in [-0.4, -0.2) is 31.0 Å². The van der Waals surface area contributed by atoms with Gasteiger partial charge in [0.25, 0.3) is 0 Å². The van der Waals surface area contributed by atoms with Gasteiger partial charge in [0.2, 0.25) is 5.91 Å². The number of nitrogens with zero attached hydrogens (tertiary/aromatic N) is 2. The molecule has 0 saturated heterocycles. The number of hydrogen-bond acceptors (Lipinski definition) is 4. The molecule has 2 rings (SSSR count). The highest BCUT2D eigenvalue weighted by Gasteiger charge is 2.25. The Balaban J connectivity index is 0.00000200. The summed E-state index contributed by atoms with van der Waals surface area (Å²) in [6.07, 6.45) is 5.46. The molecule has 3 N–H and O–H groups in total. The zero-order chi connectivity index (χ0) is 13.8. The fraction of sp³-hybridized carbons (Fsp3) is 0.571. The summed E-state index contributed by atoms with van der Waals surface area (Å²) in [7, 11) is 3.84. The predicted molar refractivity (Wildman–Crippen MR) is 91.6 cm³/mol. The standard InChI is InChI=1S/C14H22N4O.2ClH/c1-18(2)13-9-11(6-7-16-13)17-14(19)8-10-4-3-5-12(10)15;;/h6-7,9-10,12H,3-5,8,15H2,1-2H3,(H,16,17,19);2*1H/t10-,12+;;/m0../s1. The Kier molecular flexibility index (Phi) is 8.63. The number of halogens is 2. The zero-order valence-electron chi connectivity index (χ0n) is 12.4. The molecule has 1 aromatic heterocycles. The lowest BCUT2D eigenvalue weighted by atomic mass is 10.00. The minimum absolute atomic E-state index is 0. The molecule has 5 nitrogen and oxygen atoms in total. The molecule has 1 amide bonds. The lowest BCUT2D eigenvalue weighted by Crippen LogP contribution is -2.28. The van der Waals surface area contributed by atoms with Gasteiger partial charge in [-0.2, -0.15) is 0 Å². The van der Waals surface area contributed by atoms with Crippen LogP contribution in [0.15, 0.2) is 18.3 Å².